The molecule has 1 aliphatic heterocycles. The quantitative estimate of drug-likeness (QED) is 0.839. The van der Waals surface area contributed by atoms with Crippen molar-refractivity contribution in [2.45, 2.75) is 71.0 Å². The van der Waals surface area contributed by atoms with Crippen LogP contribution in [0.3, 0.4) is 0 Å². The second kappa shape index (κ2) is 7.36. The second-order valence-electron chi connectivity index (χ2n) is 6.36. The monoisotopic (exact) mass is 293 g/mol. The maximum atomic E-state index is 4.28. The van der Waals surface area contributed by atoms with Gasteiger partial charge < -0.3 is 5.32 Å². The zero-order valence-corrected chi connectivity index (χ0v) is 14.1. The van der Waals surface area contributed by atoms with E-state index in [0.29, 0.717) is 0 Å². The first-order valence-corrected chi connectivity index (χ1v) is 8.48. The molecule has 0 saturated carbocycles. The van der Waals surface area contributed by atoms with Gasteiger partial charge in [0.25, 0.3) is 0 Å². The summed E-state index contributed by atoms with van der Waals surface area (Å²) in [5, 5.41) is 12.0. The largest absolute Gasteiger partial charge is 0.310 e. The van der Waals surface area contributed by atoms with Crippen LogP contribution in [-0.2, 0) is 6.54 Å². The first kappa shape index (κ1) is 16.4. The minimum absolute atomic E-state index is 0.113. The molecule has 0 amide bonds. The van der Waals surface area contributed by atoms with Gasteiger partial charge in [-0.1, -0.05) is 25.5 Å². The molecule has 1 fully saturated rings. The van der Waals surface area contributed by atoms with Crippen molar-refractivity contribution in [3.63, 3.8) is 0 Å². The van der Waals surface area contributed by atoms with Crippen molar-refractivity contribution in [2.24, 2.45) is 0 Å². The fourth-order valence-corrected chi connectivity index (χ4v) is 3.67. The molecule has 1 aromatic rings. The summed E-state index contributed by atoms with van der Waals surface area (Å²) in [6.07, 6.45) is 8.15. The summed E-state index contributed by atoms with van der Waals surface area (Å²) >= 11 is 0. The normalized spacial score (nSPS) is 21.1. The number of piperidine rings is 1. The summed E-state index contributed by atoms with van der Waals surface area (Å²) in [5.74, 6) is 0. The third-order valence-electron chi connectivity index (χ3n) is 5.08. The van der Waals surface area contributed by atoms with E-state index < -0.39 is 0 Å². The first-order valence-electron chi connectivity index (χ1n) is 8.48. The second-order valence-corrected chi connectivity index (χ2v) is 6.36. The molecule has 120 valence electrons. The molecule has 21 heavy (non-hydrogen) atoms. The average Bonchev–Trinajstić information content (AvgIpc) is 2.97. The van der Waals surface area contributed by atoms with Crippen LogP contribution in [-0.4, -0.2) is 45.6 Å². The van der Waals surface area contributed by atoms with Gasteiger partial charge in [0.05, 0.1) is 17.9 Å². The number of rotatable bonds is 7. The van der Waals surface area contributed by atoms with Crippen LogP contribution in [0.1, 0.15) is 64.6 Å². The predicted molar refractivity (Wildman–Crippen MR) is 86.2 cm³/mol. The topological polar surface area (TPSA) is 46.0 Å². The Hall–Kier alpha value is -0.940. The van der Waals surface area contributed by atoms with Crippen LogP contribution >= 0.6 is 0 Å². The molecule has 1 saturated heterocycles. The van der Waals surface area contributed by atoms with Gasteiger partial charge in [0.1, 0.15) is 0 Å². The predicted octanol–water partition coefficient (Wildman–Crippen LogP) is 2.60. The summed E-state index contributed by atoms with van der Waals surface area (Å²) in [4.78, 5) is 2.67. The van der Waals surface area contributed by atoms with Crippen LogP contribution < -0.4 is 5.32 Å². The maximum Gasteiger partial charge on any atom is 0.0775 e. The van der Waals surface area contributed by atoms with Gasteiger partial charge >= 0.3 is 0 Å². The smallest absolute Gasteiger partial charge is 0.0775 e. The Balaban J connectivity index is 2.29. The van der Waals surface area contributed by atoms with Gasteiger partial charge in [-0.3, -0.25) is 4.90 Å². The van der Waals surface area contributed by atoms with E-state index in [1.54, 1.807) is 0 Å². The molecule has 5 nitrogen and oxygen atoms in total. The molecule has 0 bridgehead atoms. The molecule has 0 radical (unpaired) electrons. The Bertz CT molecular complexity index is 424. The van der Waals surface area contributed by atoms with Crippen molar-refractivity contribution < 1.29 is 0 Å². The average molecular weight is 293 g/mol. The Labute approximate surface area is 129 Å². The number of hydrogen-bond donors (Lipinski definition) is 1. The number of likely N-dealkylation sites (tertiary alicyclic amines) is 1. The van der Waals surface area contributed by atoms with Crippen molar-refractivity contribution in [1.82, 2.24) is 25.2 Å². The molecule has 2 atom stereocenters. The van der Waals surface area contributed by atoms with Gasteiger partial charge in [-0.15, -0.1) is 5.10 Å². The van der Waals surface area contributed by atoms with Crippen LogP contribution in [0.15, 0.2) is 6.20 Å². The number of nitrogens with one attached hydrogen (secondary N) is 1. The van der Waals surface area contributed by atoms with Gasteiger partial charge in [0.2, 0.25) is 0 Å². The summed E-state index contributed by atoms with van der Waals surface area (Å²) in [6, 6.07) is 0.266. The molecular weight excluding hydrogens is 262 g/mol. The van der Waals surface area contributed by atoms with Crippen molar-refractivity contribution in [2.75, 3.05) is 20.1 Å². The summed E-state index contributed by atoms with van der Waals surface area (Å²) in [5.41, 5.74) is 1.33. The highest BCUT2D eigenvalue weighted by Gasteiger charge is 2.40. The zero-order chi connectivity index (χ0) is 15.3. The summed E-state index contributed by atoms with van der Waals surface area (Å²) in [7, 11) is 2.06. The molecule has 1 aliphatic rings. The van der Waals surface area contributed by atoms with Gasteiger partial charge in [-0.2, -0.15) is 0 Å². The maximum absolute atomic E-state index is 4.28. The molecule has 1 N–H and O–H groups in total. The van der Waals surface area contributed by atoms with Gasteiger partial charge in [-0.25, -0.2) is 4.68 Å². The fraction of sp³-hybridized carbons (Fsp3) is 0.875. The van der Waals surface area contributed by atoms with Crippen molar-refractivity contribution in [3.05, 3.63) is 11.9 Å². The lowest BCUT2D eigenvalue weighted by Crippen LogP contribution is -2.55. The highest BCUT2D eigenvalue weighted by atomic mass is 15.4. The zero-order valence-electron chi connectivity index (χ0n) is 14.1. The standard InChI is InChI=1S/C16H31N5/c1-5-10-21-14(13-18-19-21)15(17-4)16(3,6-2)20-11-8-7-9-12-20/h13,15,17H,5-12H2,1-4H3. The molecule has 0 aromatic carbocycles. The number of hydrogen-bond acceptors (Lipinski definition) is 4. The van der Waals surface area contributed by atoms with E-state index >= 15 is 0 Å². The first-order chi connectivity index (χ1) is 10.2. The molecule has 2 rings (SSSR count). The SMILES string of the molecule is CCCn1nncc1C(NC)C(C)(CC)N1CCCCC1. The lowest BCUT2D eigenvalue weighted by atomic mass is 9.84. The van der Waals surface area contributed by atoms with Crippen molar-refractivity contribution in [3.8, 4) is 0 Å². The fourth-order valence-electron chi connectivity index (χ4n) is 3.67. The molecule has 5 heteroatoms. The molecule has 2 heterocycles. The van der Waals surface area contributed by atoms with Crippen molar-refractivity contribution in [1.29, 1.82) is 0 Å². The molecule has 0 spiro atoms. The highest BCUT2D eigenvalue weighted by molar-refractivity contribution is 5.12. The minimum atomic E-state index is 0.113. The Morgan fingerprint density at radius 1 is 1.29 bits per heavy atom. The lowest BCUT2D eigenvalue weighted by molar-refractivity contribution is 0.0420. The summed E-state index contributed by atoms with van der Waals surface area (Å²) < 4.78 is 2.07. The van der Waals surface area contributed by atoms with Crippen LogP contribution in [0, 0.1) is 0 Å². The minimum Gasteiger partial charge on any atom is -0.310 e. The number of aryl methyl sites for hydroxylation is 1. The number of likely N-dealkylation sites (N-methyl/N-ethyl adjacent to an activating group) is 1. The Morgan fingerprint density at radius 3 is 2.57 bits per heavy atom. The van der Waals surface area contributed by atoms with E-state index in [4.69, 9.17) is 0 Å². The van der Waals surface area contributed by atoms with Crippen LogP contribution in [0.4, 0.5) is 0 Å². The van der Waals surface area contributed by atoms with Crippen molar-refractivity contribution >= 4 is 0 Å². The van der Waals surface area contributed by atoms with E-state index in [2.05, 4.69) is 53.0 Å². The van der Waals surface area contributed by atoms with Gasteiger partial charge in [-0.05, 0) is 52.7 Å². The van der Waals surface area contributed by atoms with E-state index in [1.807, 2.05) is 6.20 Å². The third kappa shape index (κ3) is 3.29. The van der Waals surface area contributed by atoms with Gasteiger partial charge in [0.15, 0.2) is 0 Å². The molecule has 2 unspecified atom stereocenters. The molecular formula is C16H31N5. The van der Waals surface area contributed by atoms with E-state index in [1.165, 1.54) is 38.0 Å². The van der Waals surface area contributed by atoms with Crippen LogP contribution in [0.25, 0.3) is 0 Å². The van der Waals surface area contributed by atoms with Crippen LogP contribution in [0.5, 0.6) is 0 Å². The number of nitrogens with zero attached hydrogens (tertiary/aromatic N) is 4. The van der Waals surface area contributed by atoms with Gasteiger partial charge in [0, 0.05) is 12.1 Å². The van der Waals surface area contributed by atoms with E-state index in [9.17, 15) is 0 Å². The van der Waals surface area contributed by atoms with Crippen LogP contribution in [0.2, 0.25) is 0 Å². The summed E-state index contributed by atoms with van der Waals surface area (Å²) in [6.45, 7) is 10.2. The molecule has 0 aliphatic carbocycles. The number of aromatic nitrogens is 3. The lowest BCUT2D eigenvalue weighted by Gasteiger charge is -2.47. The highest BCUT2D eigenvalue weighted by Crippen LogP contribution is 2.35. The Kier molecular flexibility index (Phi) is 5.76. The van der Waals surface area contributed by atoms with E-state index in [-0.39, 0.29) is 11.6 Å². The third-order valence-corrected chi connectivity index (χ3v) is 5.08. The Morgan fingerprint density at radius 2 is 2.00 bits per heavy atom. The molecule has 1 aromatic heterocycles. The van der Waals surface area contributed by atoms with E-state index in [0.717, 1.165) is 19.4 Å².